The molecule has 0 aliphatic rings. The Labute approximate surface area is 101 Å². The largest absolute Gasteiger partial charge is 0.496 e. The number of nitriles is 1. The summed E-state index contributed by atoms with van der Waals surface area (Å²) in [6.45, 7) is 0.888. The Balaban J connectivity index is 2.67. The first-order chi connectivity index (χ1) is 8.19. The highest BCUT2D eigenvalue weighted by molar-refractivity contribution is 6.00. The number of Topliss-reactive ketones (excluding diaryl/α,β-unsaturated/α-hetero) is 1. The van der Waals surface area contributed by atoms with Crippen LogP contribution in [0.3, 0.4) is 0 Å². The lowest BCUT2D eigenvalue weighted by Crippen LogP contribution is -2.27. The zero-order chi connectivity index (χ0) is 12.7. The molecule has 0 bridgehead atoms. The molecule has 0 aromatic heterocycles. The van der Waals surface area contributed by atoms with Crippen LogP contribution in [-0.2, 0) is 0 Å². The molecule has 0 atom stereocenters. The number of methoxy groups -OCH3 is 1. The van der Waals surface area contributed by atoms with Crippen molar-refractivity contribution >= 4 is 5.78 Å². The molecular formula is C13H16N2O2. The Bertz CT molecular complexity index is 424. The van der Waals surface area contributed by atoms with Crippen LogP contribution in [-0.4, -0.2) is 37.9 Å². The molecule has 0 heterocycles. The average molecular weight is 232 g/mol. The predicted molar refractivity (Wildman–Crippen MR) is 65.1 cm³/mol. The second kappa shape index (κ2) is 6.66. The zero-order valence-corrected chi connectivity index (χ0v) is 10.1. The molecule has 1 aromatic carbocycles. The maximum absolute atomic E-state index is 12.0. The number of carbonyl (C=O) groups is 1. The van der Waals surface area contributed by atoms with Gasteiger partial charge in [-0.25, -0.2) is 0 Å². The molecule has 0 radical (unpaired) electrons. The zero-order valence-electron chi connectivity index (χ0n) is 10.1. The molecule has 4 nitrogen and oxygen atoms in total. The Hall–Kier alpha value is -1.86. The van der Waals surface area contributed by atoms with Crippen LogP contribution in [0.1, 0.15) is 16.8 Å². The molecule has 1 rings (SSSR count). The van der Waals surface area contributed by atoms with Crippen molar-refractivity contribution in [1.82, 2.24) is 4.90 Å². The summed E-state index contributed by atoms with van der Waals surface area (Å²) in [4.78, 5) is 13.8. The van der Waals surface area contributed by atoms with E-state index in [1.54, 1.807) is 19.2 Å². The highest BCUT2D eigenvalue weighted by Gasteiger charge is 2.13. The van der Waals surface area contributed by atoms with E-state index in [-0.39, 0.29) is 5.78 Å². The van der Waals surface area contributed by atoms with Gasteiger partial charge >= 0.3 is 0 Å². The van der Waals surface area contributed by atoms with E-state index in [0.29, 0.717) is 30.8 Å². The first-order valence-electron chi connectivity index (χ1n) is 5.40. The van der Waals surface area contributed by atoms with Gasteiger partial charge in [-0.15, -0.1) is 0 Å². The summed E-state index contributed by atoms with van der Waals surface area (Å²) in [6.07, 6.45) is 0.426. The number of hydrogen-bond donors (Lipinski definition) is 0. The van der Waals surface area contributed by atoms with Crippen molar-refractivity contribution in [3.63, 3.8) is 0 Å². The fraction of sp³-hybridized carbons (Fsp3) is 0.385. The molecule has 0 fully saturated rings. The predicted octanol–water partition coefficient (Wildman–Crippen LogP) is 1.72. The second-order valence-corrected chi connectivity index (χ2v) is 3.77. The molecular weight excluding hydrogens is 216 g/mol. The van der Waals surface area contributed by atoms with Crippen molar-refractivity contribution in [2.45, 2.75) is 6.42 Å². The van der Waals surface area contributed by atoms with Crippen molar-refractivity contribution in [2.75, 3.05) is 27.2 Å². The van der Waals surface area contributed by atoms with Crippen LogP contribution < -0.4 is 4.74 Å². The van der Waals surface area contributed by atoms with E-state index in [4.69, 9.17) is 10.00 Å². The Morgan fingerprint density at radius 1 is 1.47 bits per heavy atom. The third-order valence-electron chi connectivity index (χ3n) is 2.43. The van der Waals surface area contributed by atoms with Gasteiger partial charge in [0.15, 0.2) is 5.78 Å². The summed E-state index contributed by atoms with van der Waals surface area (Å²) in [5, 5.41) is 8.47. The van der Waals surface area contributed by atoms with Gasteiger partial charge < -0.3 is 4.74 Å². The summed E-state index contributed by atoms with van der Waals surface area (Å²) in [5.41, 5.74) is 0.582. The number of likely N-dealkylation sites (N-methyl/N-ethyl adjacent to an activating group) is 1. The first kappa shape index (κ1) is 13.2. The SMILES string of the molecule is COc1ccccc1C(=O)CN(C)CCC#N. The number of hydrogen-bond acceptors (Lipinski definition) is 4. The van der Waals surface area contributed by atoms with Crippen LogP contribution >= 0.6 is 0 Å². The molecule has 0 aliphatic carbocycles. The molecule has 1 aromatic rings. The van der Waals surface area contributed by atoms with E-state index < -0.39 is 0 Å². The second-order valence-electron chi connectivity index (χ2n) is 3.77. The number of para-hydroxylation sites is 1. The highest BCUT2D eigenvalue weighted by Crippen LogP contribution is 2.17. The minimum atomic E-state index is 0.00268. The maximum Gasteiger partial charge on any atom is 0.180 e. The van der Waals surface area contributed by atoms with Crippen molar-refractivity contribution < 1.29 is 9.53 Å². The van der Waals surface area contributed by atoms with E-state index in [1.165, 1.54) is 0 Å². The van der Waals surface area contributed by atoms with Crippen LogP contribution in [0.4, 0.5) is 0 Å². The van der Waals surface area contributed by atoms with Crippen LogP contribution in [0, 0.1) is 11.3 Å². The van der Waals surface area contributed by atoms with Gasteiger partial charge in [-0.05, 0) is 19.2 Å². The summed E-state index contributed by atoms with van der Waals surface area (Å²) in [6, 6.07) is 9.21. The lowest BCUT2D eigenvalue weighted by atomic mass is 10.1. The Morgan fingerprint density at radius 3 is 2.82 bits per heavy atom. The van der Waals surface area contributed by atoms with E-state index >= 15 is 0 Å². The molecule has 17 heavy (non-hydrogen) atoms. The summed E-state index contributed by atoms with van der Waals surface area (Å²) < 4.78 is 5.14. The number of ether oxygens (including phenoxy) is 1. The number of ketones is 1. The van der Waals surface area contributed by atoms with Crippen molar-refractivity contribution in [3.8, 4) is 11.8 Å². The van der Waals surface area contributed by atoms with Gasteiger partial charge in [0, 0.05) is 13.0 Å². The van der Waals surface area contributed by atoms with Gasteiger partial charge in [0.25, 0.3) is 0 Å². The standard InChI is InChI=1S/C13H16N2O2/c1-15(9-5-8-14)10-12(16)11-6-3-4-7-13(11)17-2/h3-4,6-7H,5,9-10H2,1-2H3. The molecule has 4 heteroatoms. The van der Waals surface area contributed by atoms with Crippen LogP contribution in [0.25, 0.3) is 0 Å². The molecule has 0 aliphatic heterocycles. The van der Waals surface area contributed by atoms with Crippen LogP contribution in [0.2, 0.25) is 0 Å². The van der Waals surface area contributed by atoms with E-state index in [0.717, 1.165) is 0 Å². The van der Waals surface area contributed by atoms with Gasteiger partial charge in [-0.2, -0.15) is 5.26 Å². The summed E-state index contributed by atoms with van der Waals surface area (Å²) in [7, 11) is 3.37. The quantitative estimate of drug-likeness (QED) is 0.701. The molecule has 90 valence electrons. The van der Waals surface area contributed by atoms with Crippen LogP contribution in [0.15, 0.2) is 24.3 Å². The maximum atomic E-state index is 12.0. The normalized spacial score (nSPS) is 10.0. The minimum absolute atomic E-state index is 0.00268. The van der Waals surface area contributed by atoms with Crippen molar-refractivity contribution in [3.05, 3.63) is 29.8 Å². The molecule has 0 saturated carbocycles. The van der Waals surface area contributed by atoms with E-state index in [9.17, 15) is 4.79 Å². The third kappa shape index (κ3) is 3.89. The van der Waals surface area contributed by atoms with Gasteiger partial charge in [0.05, 0.1) is 25.3 Å². The monoisotopic (exact) mass is 232 g/mol. The van der Waals surface area contributed by atoms with Gasteiger partial charge in [-0.3, -0.25) is 9.69 Å². The van der Waals surface area contributed by atoms with Gasteiger partial charge in [-0.1, -0.05) is 12.1 Å². The van der Waals surface area contributed by atoms with Crippen molar-refractivity contribution in [2.24, 2.45) is 0 Å². The Kier molecular flexibility index (Phi) is 5.18. The molecule has 0 N–H and O–H groups in total. The topological polar surface area (TPSA) is 53.3 Å². The molecule has 0 unspecified atom stereocenters. The van der Waals surface area contributed by atoms with Crippen molar-refractivity contribution in [1.29, 1.82) is 5.26 Å². The lowest BCUT2D eigenvalue weighted by Gasteiger charge is -2.14. The summed E-state index contributed by atoms with van der Waals surface area (Å²) >= 11 is 0. The number of benzene rings is 1. The fourth-order valence-corrected chi connectivity index (χ4v) is 1.53. The summed E-state index contributed by atoms with van der Waals surface area (Å²) in [5.74, 6) is 0.592. The molecule has 0 saturated heterocycles. The van der Waals surface area contributed by atoms with E-state index in [2.05, 4.69) is 6.07 Å². The highest BCUT2D eigenvalue weighted by atomic mass is 16.5. The van der Waals surface area contributed by atoms with E-state index in [1.807, 2.05) is 24.1 Å². The Morgan fingerprint density at radius 2 is 2.18 bits per heavy atom. The molecule has 0 amide bonds. The van der Waals surface area contributed by atoms with Gasteiger partial charge in [0.2, 0.25) is 0 Å². The van der Waals surface area contributed by atoms with Crippen LogP contribution in [0.5, 0.6) is 5.75 Å². The smallest absolute Gasteiger partial charge is 0.180 e. The third-order valence-corrected chi connectivity index (χ3v) is 2.43. The minimum Gasteiger partial charge on any atom is -0.496 e. The number of carbonyl (C=O) groups excluding carboxylic acids is 1. The first-order valence-corrected chi connectivity index (χ1v) is 5.40. The fourth-order valence-electron chi connectivity index (χ4n) is 1.53. The van der Waals surface area contributed by atoms with Gasteiger partial charge in [0.1, 0.15) is 5.75 Å². The molecule has 0 spiro atoms. The number of nitrogens with zero attached hydrogens (tertiary/aromatic N) is 2. The average Bonchev–Trinajstić information content (AvgIpc) is 2.36. The lowest BCUT2D eigenvalue weighted by molar-refractivity contribution is 0.0944. The number of rotatable bonds is 6.